The summed E-state index contributed by atoms with van der Waals surface area (Å²) in [5, 5.41) is 9.40. The van der Waals surface area contributed by atoms with Crippen LogP contribution >= 0.6 is 23.4 Å². The van der Waals surface area contributed by atoms with Crippen molar-refractivity contribution in [2.45, 2.75) is 9.79 Å². The van der Waals surface area contributed by atoms with E-state index in [9.17, 15) is 0 Å². The van der Waals surface area contributed by atoms with Crippen molar-refractivity contribution >= 4 is 23.4 Å². The van der Waals surface area contributed by atoms with Crippen LogP contribution < -0.4 is 0 Å². The zero-order valence-corrected chi connectivity index (χ0v) is 9.79. The van der Waals surface area contributed by atoms with Crippen molar-refractivity contribution in [1.82, 2.24) is 4.98 Å². The molecule has 0 amide bonds. The van der Waals surface area contributed by atoms with E-state index in [1.54, 1.807) is 30.2 Å². The second-order valence-corrected chi connectivity index (χ2v) is 4.66. The Morgan fingerprint density at radius 3 is 2.56 bits per heavy atom. The lowest BCUT2D eigenvalue weighted by Gasteiger charge is -2.02. The first-order valence-electron chi connectivity index (χ1n) is 4.56. The van der Waals surface area contributed by atoms with Gasteiger partial charge in [-0.05, 0) is 30.3 Å². The van der Waals surface area contributed by atoms with Crippen LogP contribution in [0.15, 0.2) is 52.5 Å². The normalized spacial score (nSPS) is 9.75. The maximum Gasteiger partial charge on any atom is 0.0992 e. The number of nitrogens with zero attached hydrogens (tertiary/aromatic N) is 2. The first-order valence-corrected chi connectivity index (χ1v) is 5.76. The molecule has 1 aromatic heterocycles. The van der Waals surface area contributed by atoms with Crippen LogP contribution in [0.1, 0.15) is 5.56 Å². The number of hydrogen-bond donors (Lipinski definition) is 0. The van der Waals surface area contributed by atoms with Crippen molar-refractivity contribution in [2.75, 3.05) is 0 Å². The summed E-state index contributed by atoms with van der Waals surface area (Å²) >= 11 is 7.47. The minimum Gasteiger partial charge on any atom is -0.265 e. The molecule has 16 heavy (non-hydrogen) atoms. The van der Waals surface area contributed by atoms with Gasteiger partial charge in [-0.15, -0.1) is 0 Å². The third-order valence-corrected chi connectivity index (χ3v) is 3.08. The van der Waals surface area contributed by atoms with Gasteiger partial charge in [-0.25, -0.2) is 0 Å². The van der Waals surface area contributed by atoms with Crippen molar-refractivity contribution < 1.29 is 0 Å². The van der Waals surface area contributed by atoms with Crippen LogP contribution in [0.2, 0.25) is 5.02 Å². The summed E-state index contributed by atoms with van der Waals surface area (Å²) in [5.41, 5.74) is 0.573. The van der Waals surface area contributed by atoms with Gasteiger partial charge in [0.2, 0.25) is 0 Å². The average molecular weight is 247 g/mol. The van der Waals surface area contributed by atoms with Crippen molar-refractivity contribution in [3.63, 3.8) is 0 Å². The Hall–Kier alpha value is -1.50. The van der Waals surface area contributed by atoms with Gasteiger partial charge in [0.05, 0.1) is 11.6 Å². The summed E-state index contributed by atoms with van der Waals surface area (Å²) in [6, 6.07) is 11.2. The minimum absolute atomic E-state index is 0.573. The Morgan fingerprint density at radius 2 is 1.88 bits per heavy atom. The van der Waals surface area contributed by atoms with Crippen molar-refractivity contribution in [3.8, 4) is 6.07 Å². The van der Waals surface area contributed by atoms with E-state index in [0.29, 0.717) is 10.6 Å². The molecule has 78 valence electrons. The molecule has 0 atom stereocenters. The molecule has 0 unspecified atom stereocenters. The van der Waals surface area contributed by atoms with E-state index in [1.807, 2.05) is 24.3 Å². The van der Waals surface area contributed by atoms with Gasteiger partial charge in [0.25, 0.3) is 0 Å². The highest BCUT2D eigenvalue weighted by molar-refractivity contribution is 7.99. The van der Waals surface area contributed by atoms with Crippen LogP contribution in [-0.2, 0) is 0 Å². The average Bonchev–Trinajstić information content (AvgIpc) is 2.29. The van der Waals surface area contributed by atoms with E-state index in [4.69, 9.17) is 16.9 Å². The third-order valence-electron chi connectivity index (χ3n) is 1.89. The lowest BCUT2D eigenvalue weighted by Crippen LogP contribution is -1.79. The van der Waals surface area contributed by atoms with Gasteiger partial charge >= 0.3 is 0 Å². The minimum atomic E-state index is 0.573. The van der Waals surface area contributed by atoms with E-state index < -0.39 is 0 Å². The summed E-state index contributed by atoms with van der Waals surface area (Å²) in [6.07, 6.45) is 3.47. The Balaban J connectivity index is 2.29. The summed E-state index contributed by atoms with van der Waals surface area (Å²) in [7, 11) is 0. The largest absolute Gasteiger partial charge is 0.265 e. The molecule has 0 saturated carbocycles. The second kappa shape index (κ2) is 5.02. The molecular weight excluding hydrogens is 240 g/mol. The molecule has 0 bridgehead atoms. The lowest BCUT2D eigenvalue weighted by molar-refractivity contribution is 1.26. The number of aromatic nitrogens is 1. The summed E-state index contributed by atoms with van der Waals surface area (Å²) in [5.74, 6) is 0. The van der Waals surface area contributed by atoms with Gasteiger partial charge in [0.15, 0.2) is 0 Å². The molecule has 2 rings (SSSR count). The molecule has 0 radical (unpaired) electrons. The molecule has 2 nitrogen and oxygen atoms in total. The predicted octanol–water partition coefficient (Wildman–Crippen LogP) is 3.76. The number of halogens is 1. The number of benzene rings is 1. The molecule has 4 heteroatoms. The molecule has 0 aliphatic heterocycles. The number of nitriles is 1. The number of rotatable bonds is 2. The zero-order chi connectivity index (χ0) is 11.4. The fraction of sp³-hybridized carbons (Fsp3) is 0. The molecule has 1 heterocycles. The van der Waals surface area contributed by atoms with Gasteiger partial charge in [-0.1, -0.05) is 23.4 Å². The Morgan fingerprint density at radius 1 is 1.12 bits per heavy atom. The third kappa shape index (κ3) is 2.75. The highest BCUT2D eigenvalue weighted by atomic mass is 35.5. The highest BCUT2D eigenvalue weighted by Crippen LogP contribution is 2.29. The van der Waals surface area contributed by atoms with Crippen LogP contribution in [0.4, 0.5) is 0 Å². The standard InChI is InChI=1S/C12H7ClN2S/c13-10-5-9(8-14)6-12(7-10)16-11-1-3-15-4-2-11/h1-7H. The monoisotopic (exact) mass is 246 g/mol. The quantitative estimate of drug-likeness (QED) is 0.810. The predicted molar refractivity (Wildman–Crippen MR) is 64.5 cm³/mol. The summed E-state index contributed by atoms with van der Waals surface area (Å²) in [4.78, 5) is 5.97. The van der Waals surface area contributed by atoms with Crippen molar-refractivity contribution in [1.29, 1.82) is 5.26 Å². The maximum absolute atomic E-state index is 8.82. The molecule has 0 aliphatic carbocycles. The van der Waals surface area contributed by atoms with E-state index in [-0.39, 0.29) is 0 Å². The van der Waals surface area contributed by atoms with Gasteiger partial charge < -0.3 is 0 Å². The molecule has 2 aromatic rings. The topological polar surface area (TPSA) is 36.7 Å². The van der Waals surface area contributed by atoms with Crippen LogP contribution in [0.25, 0.3) is 0 Å². The van der Waals surface area contributed by atoms with E-state index in [2.05, 4.69) is 11.1 Å². The van der Waals surface area contributed by atoms with Crippen LogP contribution in [0.3, 0.4) is 0 Å². The molecule has 0 spiro atoms. The number of pyridine rings is 1. The molecule has 0 aliphatic rings. The SMILES string of the molecule is N#Cc1cc(Cl)cc(Sc2ccncc2)c1. The molecule has 0 fully saturated rings. The smallest absolute Gasteiger partial charge is 0.0992 e. The second-order valence-electron chi connectivity index (χ2n) is 3.07. The van der Waals surface area contributed by atoms with Crippen molar-refractivity contribution in [2.24, 2.45) is 0 Å². The fourth-order valence-corrected chi connectivity index (χ4v) is 2.43. The molecule has 1 aromatic carbocycles. The lowest BCUT2D eigenvalue weighted by atomic mass is 10.2. The van der Waals surface area contributed by atoms with E-state index >= 15 is 0 Å². The summed E-state index contributed by atoms with van der Waals surface area (Å²) < 4.78 is 0. The molecule has 0 N–H and O–H groups in total. The van der Waals surface area contributed by atoms with Crippen LogP contribution in [-0.4, -0.2) is 4.98 Å². The highest BCUT2D eigenvalue weighted by Gasteiger charge is 2.01. The first kappa shape index (κ1) is 11.0. The molecular formula is C12H7ClN2S. The Kier molecular flexibility index (Phi) is 3.45. The Labute approximate surface area is 103 Å². The van der Waals surface area contributed by atoms with E-state index in [0.717, 1.165) is 9.79 Å². The van der Waals surface area contributed by atoms with Crippen molar-refractivity contribution in [3.05, 3.63) is 53.3 Å². The van der Waals surface area contributed by atoms with Gasteiger partial charge in [-0.2, -0.15) is 5.26 Å². The zero-order valence-electron chi connectivity index (χ0n) is 8.22. The van der Waals surface area contributed by atoms with E-state index in [1.165, 1.54) is 0 Å². The fourth-order valence-electron chi connectivity index (χ4n) is 1.23. The van der Waals surface area contributed by atoms with Crippen LogP contribution in [0.5, 0.6) is 0 Å². The first-order chi connectivity index (χ1) is 7.78. The van der Waals surface area contributed by atoms with Gasteiger partial charge in [0.1, 0.15) is 0 Å². The summed E-state index contributed by atoms with van der Waals surface area (Å²) in [6.45, 7) is 0. The van der Waals surface area contributed by atoms with Gasteiger partial charge in [0, 0.05) is 27.2 Å². The van der Waals surface area contributed by atoms with Gasteiger partial charge in [-0.3, -0.25) is 4.98 Å². The van der Waals surface area contributed by atoms with Crippen LogP contribution in [0, 0.1) is 11.3 Å². The maximum atomic E-state index is 8.82. The Bertz CT molecular complexity index is 534. The molecule has 0 saturated heterocycles. The number of hydrogen-bond acceptors (Lipinski definition) is 3.